The molecule has 3 aliphatic heterocycles. The quantitative estimate of drug-likeness (QED) is 0.187. The van der Waals surface area contributed by atoms with Gasteiger partial charge in [-0.05, 0) is 56.9 Å². The van der Waals surface area contributed by atoms with Crippen LogP contribution in [-0.2, 0) is 21.1 Å². The van der Waals surface area contributed by atoms with E-state index >= 15 is 0 Å². The monoisotopic (exact) mass is 656 g/mol. The van der Waals surface area contributed by atoms with Gasteiger partial charge in [0.15, 0.2) is 0 Å². The van der Waals surface area contributed by atoms with Crippen LogP contribution in [0, 0.1) is 11.8 Å². The Balaban J connectivity index is 1.37. The Morgan fingerprint density at radius 2 is 1.72 bits per heavy atom. The van der Waals surface area contributed by atoms with Crippen LogP contribution >= 0.6 is 11.8 Å². The summed E-state index contributed by atoms with van der Waals surface area (Å²) in [6.07, 6.45) is 7.90. The predicted molar refractivity (Wildman–Crippen MR) is 184 cm³/mol. The minimum Gasteiger partial charge on any atom is -0.396 e. The fourth-order valence-electron chi connectivity index (χ4n) is 8.03. The number of hydrogen-bond acceptors (Lipinski definition) is 7. The van der Waals surface area contributed by atoms with Gasteiger partial charge in [-0.1, -0.05) is 60.5 Å². The Kier molecular flexibility index (Phi) is 9.57. The molecule has 2 unspecified atom stereocenters. The van der Waals surface area contributed by atoms with E-state index in [1.54, 1.807) is 43.3 Å². The average Bonchev–Trinajstić information content (AvgIpc) is 3.78. The summed E-state index contributed by atoms with van der Waals surface area (Å²) < 4.78 is 0.471. The van der Waals surface area contributed by atoms with Crippen molar-refractivity contribution in [3.05, 3.63) is 79.9 Å². The molecule has 3 amide bonds. The number of rotatable bonds is 15. The van der Waals surface area contributed by atoms with Gasteiger partial charge in [0.05, 0.1) is 22.1 Å². The third-order valence-corrected chi connectivity index (χ3v) is 12.1. The van der Waals surface area contributed by atoms with E-state index in [1.165, 1.54) is 0 Å². The maximum absolute atomic E-state index is 14.9. The zero-order valence-corrected chi connectivity index (χ0v) is 27.9. The zero-order valence-electron chi connectivity index (χ0n) is 27.0. The molecule has 0 saturated carbocycles. The molecule has 10 nitrogen and oxygen atoms in total. The van der Waals surface area contributed by atoms with Crippen LogP contribution in [0.3, 0.4) is 0 Å². The van der Waals surface area contributed by atoms with Gasteiger partial charge in [-0.3, -0.25) is 14.4 Å². The first kappa shape index (κ1) is 33.0. The lowest BCUT2D eigenvalue weighted by Gasteiger charge is -2.38. The van der Waals surface area contributed by atoms with E-state index in [-0.39, 0.29) is 37.5 Å². The lowest BCUT2D eigenvalue weighted by molar-refractivity contribution is -0.143. The van der Waals surface area contributed by atoms with Crippen molar-refractivity contribution < 1.29 is 19.5 Å². The number of hydrogen-bond donors (Lipinski definition) is 1. The van der Waals surface area contributed by atoms with Crippen molar-refractivity contribution in [2.45, 2.75) is 67.7 Å². The maximum atomic E-state index is 14.9. The van der Waals surface area contributed by atoms with Gasteiger partial charge in [-0.25, -0.2) is 4.68 Å². The summed E-state index contributed by atoms with van der Waals surface area (Å²) >= 11 is 1.68. The summed E-state index contributed by atoms with van der Waals surface area (Å²) in [5.74, 6) is -1.59. The Labute approximate surface area is 280 Å². The van der Waals surface area contributed by atoms with Crippen molar-refractivity contribution in [3.8, 4) is 0 Å². The second-order valence-corrected chi connectivity index (χ2v) is 14.9. The molecule has 1 N–H and O–H groups in total. The number of carbonyl (C=O) groups excluding carboxylic acids is 3. The van der Waals surface area contributed by atoms with Crippen molar-refractivity contribution in [2.24, 2.45) is 11.8 Å². The minimum absolute atomic E-state index is 0.0981. The highest BCUT2D eigenvalue weighted by molar-refractivity contribution is 8.02. The molecule has 4 heterocycles. The number of aliphatic hydroxyl groups is 1. The van der Waals surface area contributed by atoms with E-state index in [2.05, 4.69) is 30.4 Å². The van der Waals surface area contributed by atoms with Crippen LogP contribution in [0.4, 0.5) is 5.69 Å². The molecule has 3 saturated heterocycles. The number of aromatic nitrogens is 3. The molecule has 2 bridgehead atoms. The number of benzene rings is 2. The molecule has 3 fully saturated rings. The number of thioether (sulfide) groups is 1. The normalized spacial score (nSPS) is 26.0. The third-order valence-electron chi connectivity index (χ3n) is 10.1. The van der Waals surface area contributed by atoms with Crippen LogP contribution in [-0.4, -0.2) is 89.4 Å². The summed E-state index contributed by atoms with van der Waals surface area (Å²) in [5, 5.41) is 17.9. The van der Waals surface area contributed by atoms with Crippen molar-refractivity contribution >= 4 is 46.2 Å². The molecule has 47 heavy (non-hydrogen) atoms. The first-order valence-electron chi connectivity index (χ1n) is 16.6. The van der Waals surface area contributed by atoms with Gasteiger partial charge in [0, 0.05) is 36.7 Å². The lowest BCUT2D eigenvalue weighted by Crippen LogP contribution is -2.55. The van der Waals surface area contributed by atoms with E-state index in [4.69, 9.17) is 0 Å². The van der Waals surface area contributed by atoms with Gasteiger partial charge in [-0.15, -0.1) is 30.0 Å². The van der Waals surface area contributed by atoms with Gasteiger partial charge >= 0.3 is 0 Å². The Bertz CT molecular complexity index is 1650. The van der Waals surface area contributed by atoms with Crippen LogP contribution in [0.5, 0.6) is 0 Å². The zero-order chi connectivity index (χ0) is 33.2. The molecule has 3 aromatic rings. The standard InChI is InChI=1S/C36H44N6O4S/c1-4-21-39(25-42-28-18-12-11-17-27(28)37-38-42)34(46)31-36-20-19-35(3,47-36)29(30(36)33(45)41(31)23-13-6-7-14-24-43)32(44)40(22-5-2)26-15-9-8-10-16-26/h4-5,8-12,15-18,29-31,43H,1-2,6-7,13-14,19-25H2,3H3/t29-,30-,31?,35+,36?/m0/s1. The summed E-state index contributed by atoms with van der Waals surface area (Å²) in [7, 11) is 0. The highest BCUT2D eigenvalue weighted by Gasteiger charge is 2.77. The number of carbonyl (C=O) groups is 3. The molecule has 11 heteroatoms. The molecule has 5 atom stereocenters. The molecule has 1 spiro atoms. The highest BCUT2D eigenvalue weighted by Crippen LogP contribution is 2.71. The number of likely N-dealkylation sites (tertiary alicyclic amines) is 1. The van der Waals surface area contributed by atoms with Crippen LogP contribution < -0.4 is 4.90 Å². The predicted octanol–water partition coefficient (Wildman–Crippen LogP) is 4.66. The molecule has 1 aromatic heterocycles. The first-order chi connectivity index (χ1) is 22.8. The fourth-order valence-corrected chi connectivity index (χ4v) is 10.4. The highest BCUT2D eigenvalue weighted by atomic mass is 32.2. The van der Waals surface area contributed by atoms with Gasteiger partial charge in [-0.2, -0.15) is 0 Å². The SMILES string of the molecule is C=CCN(Cn1nnc2ccccc21)C(=O)C1N(CCCCCCO)C(=O)[C@@H]2[C@@H](C(=O)N(CC=C)c3ccccc3)[C@@]3(C)CCC12S3. The van der Waals surface area contributed by atoms with Crippen LogP contribution in [0.25, 0.3) is 11.0 Å². The van der Waals surface area contributed by atoms with Crippen LogP contribution in [0.1, 0.15) is 45.4 Å². The summed E-state index contributed by atoms with van der Waals surface area (Å²) in [5.41, 5.74) is 2.31. The number of amides is 3. The topological polar surface area (TPSA) is 112 Å². The largest absolute Gasteiger partial charge is 0.396 e. The van der Waals surface area contributed by atoms with Crippen molar-refractivity contribution in [1.82, 2.24) is 24.8 Å². The van der Waals surface area contributed by atoms with Crippen LogP contribution in [0.15, 0.2) is 79.9 Å². The van der Waals surface area contributed by atoms with Crippen LogP contribution in [0.2, 0.25) is 0 Å². The molecule has 2 aromatic carbocycles. The Morgan fingerprint density at radius 1 is 1.00 bits per heavy atom. The first-order valence-corrected chi connectivity index (χ1v) is 17.4. The van der Waals surface area contributed by atoms with Gasteiger partial charge in [0.1, 0.15) is 18.2 Å². The molecule has 6 rings (SSSR count). The number of nitrogens with zero attached hydrogens (tertiary/aromatic N) is 6. The number of aliphatic hydroxyl groups excluding tert-OH is 1. The van der Waals surface area contributed by atoms with E-state index < -0.39 is 27.4 Å². The number of fused-ring (bicyclic) bond motifs is 2. The molecular formula is C36H44N6O4S. The average molecular weight is 657 g/mol. The van der Waals surface area contributed by atoms with E-state index in [0.29, 0.717) is 32.4 Å². The summed E-state index contributed by atoms with van der Waals surface area (Å²) in [6.45, 7) is 11.2. The van der Waals surface area contributed by atoms with Gasteiger partial charge in [0.2, 0.25) is 17.7 Å². The fraction of sp³-hybridized carbons (Fsp3) is 0.472. The number of unbranched alkanes of at least 4 members (excludes halogenated alkanes) is 3. The molecule has 0 radical (unpaired) electrons. The lowest BCUT2D eigenvalue weighted by atomic mass is 9.66. The minimum atomic E-state index is -0.741. The molecular weight excluding hydrogens is 613 g/mol. The van der Waals surface area contributed by atoms with Gasteiger partial charge in [0.25, 0.3) is 0 Å². The Hall–Kier alpha value is -3.96. The van der Waals surface area contributed by atoms with E-state index in [1.807, 2.05) is 54.6 Å². The second-order valence-electron chi connectivity index (χ2n) is 13.0. The molecule has 0 aliphatic carbocycles. The van der Waals surface area contributed by atoms with Crippen molar-refractivity contribution in [3.63, 3.8) is 0 Å². The van der Waals surface area contributed by atoms with E-state index in [9.17, 15) is 19.5 Å². The van der Waals surface area contributed by atoms with Gasteiger partial charge < -0.3 is 19.8 Å². The third kappa shape index (κ3) is 5.77. The molecule has 248 valence electrons. The summed E-state index contributed by atoms with van der Waals surface area (Å²) in [4.78, 5) is 49.5. The molecule has 3 aliphatic rings. The van der Waals surface area contributed by atoms with Crippen molar-refractivity contribution in [1.29, 1.82) is 0 Å². The smallest absolute Gasteiger partial charge is 0.248 e. The number of para-hydroxylation sites is 2. The van der Waals surface area contributed by atoms with Crippen molar-refractivity contribution in [2.75, 3.05) is 31.1 Å². The Morgan fingerprint density at radius 3 is 2.47 bits per heavy atom. The van der Waals surface area contributed by atoms with E-state index in [0.717, 1.165) is 36.0 Å². The second kappa shape index (κ2) is 13.6. The summed E-state index contributed by atoms with van der Waals surface area (Å²) in [6, 6.07) is 16.4. The number of anilines is 1. The maximum Gasteiger partial charge on any atom is 0.248 e.